The van der Waals surface area contributed by atoms with Crippen molar-refractivity contribution in [1.29, 1.82) is 0 Å². The summed E-state index contributed by atoms with van der Waals surface area (Å²) in [5.74, 6) is 2.71. The highest BCUT2D eigenvalue weighted by molar-refractivity contribution is 8.14. The Morgan fingerprint density at radius 1 is 1.39 bits per heavy atom. The number of hydrogen-bond donors (Lipinski definition) is 2. The Hall–Kier alpha value is -1.89. The minimum Gasteiger partial charge on any atom is -0.497 e. The van der Waals surface area contributed by atoms with Crippen LogP contribution >= 0.6 is 11.8 Å². The zero-order valence-electron chi connectivity index (χ0n) is 17.0. The first-order chi connectivity index (χ1) is 13.2. The number of aliphatic imine (C=N–C) groups is 1. The highest BCUT2D eigenvalue weighted by Gasteiger charge is 2.54. The number of nitrogens with two attached hydrogens (primary N) is 1. The Morgan fingerprint density at radius 3 is 2.82 bits per heavy atom. The Balaban J connectivity index is 1.67. The summed E-state index contributed by atoms with van der Waals surface area (Å²) >= 11 is 1.60. The van der Waals surface area contributed by atoms with Gasteiger partial charge in [0.25, 0.3) is 0 Å². The van der Waals surface area contributed by atoms with Gasteiger partial charge in [-0.3, -0.25) is 4.79 Å². The van der Waals surface area contributed by atoms with E-state index in [4.69, 9.17) is 20.2 Å². The van der Waals surface area contributed by atoms with Crippen LogP contribution in [-0.2, 0) is 10.3 Å². The lowest BCUT2D eigenvalue weighted by Crippen LogP contribution is -2.55. The number of ether oxygens (including phenoxy) is 2. The van der Waals surface area contributed by atoms with Crippen LogP contribution in [0.4, 0.5) is 0 Å². The molecule has 0 radical (unpaired) electrons. The second-order valence-electron chi connectivity index (χ2n) is 9.02. The predicted octanol–water partition coefficient (Wildman–Crippen LogP) is 3.04. The number of methoxy groups -OCH3 is 1. The fourth-order valence-corrected chi connectivity index (χ4v) is 5.57. The van der Waals surface area contributed by atoms with Crippen molar-refractivity contribution in [1.82, 2.24) is 5.32 Å². The molecule has 1 aromatic carbocycles. The number of amidine groups is 1. The van der Waals surface area contributed by atoms with Crippen LogP contribution in [0, 0.1) is 11.3 Å². The van der Waals surface area contributed by atoms with Gasteiger partial charge in [-0.15, -0.1) is 0 Å². The molecule has 1 aromatic rings. The van der Waals surface area contributed by atoms with Gasteiger partial charge in [-0.05, 0) is 31.4 Å². The molecule has 3 N–H and O–H groups in total. The lowest BCUT2D eigenvalue weighted by molar-refractivity contribution is -0.130. The van der Waals surface area contributed by atoms with Gasteiger partial charge in [0.15, 0.2) is 5.17 Å². The van der Waals surface area contributed by atoms with Crippen LogP contribution in [-0.4, -0.2) is 36.1 Å². The van der Waals surface area contributed by atoms with Gasteiger partial charge in [0.05, 0.1) is 7.11 Å². The van der Waals surface area contributed by atoms with Gasteiger partial charge >= 0.3 is 0 Å². The number of thioether (sulfide) groups is 1. The number of carbonyl (C=O) groups excluding carboxylic acids is 1. The maximum Gasteiger partial charge on any atom is 0.225 e. The molecule has 4 unspecified atom stereocenters. The molecule has 1 aliphatic carbocycles. The largest absolute Gasteiger partial charge is 0.497 e. The summed E-state index contributed by atoms with van der Waals surface area (Å²) < 4.78 is 11.8. The number of amides is 1. The highest BCUT2D eigenvalue weighted by atomic mass is 32.2. The highest BCUT2D eigenvalue weighted by Crippen LogP contribution is 2.54. The van der Waals surface area contributed by atoms with Gasteiger partial charge in [0.2, 0.25) is 5.91 Å². The fraction of sp³-hybridized carbons (Fsp3) is 0.619. The molecule has 4 atom stereocenters. The van der Waals surface area contributed by atoms with Gasteiger partial charge in [-0.2, -0.15) is 0 Å². The lowest BCUT2D eigenvalue weighted by Gasteiger charge is -2.49. The normalized spacial score (nSPS) is 31.4. The van der Waals surface area contributed by atoms with Crippen LogP contribution in [0.15, 0.2) is 23.2 Å². The zero-order valence-corrected chi connectivity index (χ0v) is 17.8. The standard InChI is InChI=1S/C21H29N3O3S/c1-20(2,3)18(25)23-12-5-8-16-15(9-12)21(11-28-19(22)24-21)14-7-6-13(26-4)10-17(14)27-16/h6-7,10,12,15-16H,5,8-9,11H2,1-4H3,(H2,22,24)(H,23,25). The molecule has 28 heavy (non-hydrogen) atoms. The summed E-state index contributed by atoms with van der Waals surface area (Å²) in [5.41, 5.74) is 6.41. The summed E-state index contributed by atoms with van der Waals surface area (Å²) in [4.78, 5) is 17.5. The number of nitrogens with one attached hydrogen (secondary N) is 1. The van der Waals surface area contributed by atoms with Crippen molar-refractivity contribution in [2.45, 2.75) is 57.7 Å². The zero-order chi connectivity index (χ0) is 20.1. The van der Waals surface area contributed by atoms with E-state index in [-0.39, 0.29) is 24.0 Å². The summed E-state index contributed by atoms with van der Waals surface area (Å²) in [7, 11) is 1.66. The molecule has 6 nitrogen and oxygen atoms in total. The molecule has 7 heteroatoms. The molecule has 1 spiro atoms. The quantitative estimate of drug-likeness (QED) is 0.793. The van der Waals surface area contributed by atoms with E-state index < -0.39 is 11.0 Å². The maximum absolute atomic E-state index is 12.5. The molecule has 3 aliphatic rings. The van der Waals surface area contributed by atoms with Crippen LogP contribution in [0.5, 0.6) is 11.5 Å². The van der Waals surface area contributed by atoms with Crippen LogP contribution in [0.1, 0.15) is 45.6 Å². The lowest BCUT2D eigenvalue weighted by atomic mass is 9.67. The van der Waals surface area contributed by atoms with Crippen molar-refractivity contribution in [3.05, 3.63) is 23.8 Å². The van der Waals surface area contributed by atoms with Crippen molar-refractivity contribution >= 4 is 22.8 Å². The van der Waals surface area contributed by atoms with Crippen molar-refractivity contribution in [3.8, 4) is 11.5 Å². The third-order valence-corrected chi connectivity index (χ3v) is 7.07. The molecular weight excluding hydrogens is 374 g/mol. The van der Waals surface area contributed by atoms with Crippen LogP contribution in [0.25, 0.3) is 0 Å². The second kappa shape index (κ2) is 6.87. The number of carbonyl (C=O) groups is 1. The number of hydrogen-bond acceptors (Lipinski definition) is 6. The van der Waals surface area contributed by atoms with Crippen LogP contribution in [0.3, 0.4) is 0 Å². The van der Waals surface area contributed by atoms with Crippen molar-refractivity contribution in [3.63, 3.8) is 0 Å². The van der Waals surface area contributed by atoms with Crippen LogP contribution in [0.2, 0.25) is 0 Å². The smallest absolute Gasteiger partial charge is 0.225 e. The minimum absolute atomic E-state index is 0.0673. The maximum atomic E-state index is 12.5. The fourth-order valence-electron chi connectivity index (χ4n) is 4.54. The summed E-state index contributed by atoms with van der Waals surface area (Å²) in [5, 5.41) is 3.88. The molecule has 4 rings (SSSR count). The Labute approximate surface area is 170 Å². The van der Waals surface area contributed by atoms with E-state index in [9.17, 15) is 4.79 Å². The topological polar surface area (TPSA) is 85.9 Å². The van der Waals surface area contributed by atoms with E-state index >= 15 is 0 Å². The average molecular weight is 404 g/mol. The van der Waals surface area contributed by atoms with Gasteiger partial charge < -0.3 is 20.5 Å². The SMILES string of the molecule is COc1ccc2c(c1)OC1CCC(NC(=O)C(C)(C)C)CC1C21CSC(N)=N1. The average Bonchev–Trinajstić information content (AvgIpc) is 3.03. The number of rotatable bonds is 2. The van der Waals surface area contributed by atoms with Crippen molar-refractivity contribution in [2.24, 2.45) is 22.1 Å². The molecule has 0 aromatic heterocycles. The molecular formula is C21H29N3O3S. The van der Waals surface area contributed by atoms with E-state index in [0.29, 0.717) is 5.17 Å². The monoisotopic (exact) mass is 403 g/mol. The molecule has 1 saturated carbocycles. The Morgan fingerprint density at radius 2 is 2.18 bits per heavy atom. The summed E-state index contributed by atoms with van der Waals surface area (Å²) in [6.07, 6.45) is 2.70. The van der Waals surface area contributed by atoms with Crippen molar-refractivity contribution < 1.29 is 14.3 Å². The van der Waals surface area contributed by atoms with Gasteiger partial charge in [0, 0.05) is 34.8 Å². The second-order valence-corrected chi connectivity index (χ2v) is 10.0. The molecule has 1 amide bonds. The molecule has 2 heterocycles. The first-order valence-corrected chi connectivity index (χ1v) is 10.9. The van der Waals surface area contributed by atoms with Crippen molar-refractivity contribution in [2.75, 3.05) is 12.9 Å². The van der Waals surface area contributed by atoms with Gasteiger partial charge in [-0.1, -0.05) is 32.5 Å². The number of nitrogens with zero attached hydrogens (tertiary/aromatic N) is 1. The van der Waals surface area contributed by atoms with E-state index in [1.807, 2.05) is 32.9 Å². The molecule has 152 valence electrons. The van der Waals surface area contributed by atoms with E-state index in [1.54, 1.807) is 18.9 Å². The summed E-state index contributed by atoms with van der Waals surface area (Å²) in [6, 6.07) is 6.11. The first-order valence-electron chi connectivity index (χ1n) is 9.87. The Bertz CT molecular complexity index is 820. The third kappa shape index (κ3) is 3.23. The van der Waals surface area contributed by atoms with Gasteiger partial charge in [0.1, 0.15) is 23.1 Å². The van der Waals surface area contributed by atoms with Gasteiger partial charge in [-0.25, -0.2) is 4.99 Å². The molecule has 1 fully saturated rings. The molecule has 0 bridgehead atoms. The number of benzene rings is 1. The predicted molar refractivity (Wildman–Crippen MR) is 112 cm³/mol. The number of fused-ring (bicyclic) bond motifs is 4. The summed E-state index contributed by atoms with van der Waals surface area (Å²) in [6.45, 7) is 5.84. The van der Waals surface area contributed by atoms with E-state index in [0.717, 1.165) is 42.1 Å². The Kier molecular flexibility index (Phi) is 4.76. The molecule has 2 aliphatic heterocycles. The molecule has 0 saturated heterocycles. The van der Waals surface area contributed by atoms with Crippen LogP contribution < -0.4 is 20.5 Å². The first kappa shape index (κ1) is 19.4. The van der Waals surface area contributed by atoms with E-state index in [1.165, 1.54) is 0 Å². The third-order valence-electron chi connectivity index (χ3n) is 6.10. The minimum atomic E-state index is -0.398. The van der Waals surface area contributed by atoms with E-state index in [2.05, 4.69) is 11.4 Å².